The Morgan fingerprint density at radius 2 is 1.93 bits per heavy atom. The molecule has 2 unspecified atom stereocenters. The highest BCUT2D eigenvalue weighted by molar-refractivity contribution is 7.92. The van der Waals surface area contributed by atoms with Crippen LogP contribution >= 0.6 is 0 Å². The fourth-order valence-electron chi connectivity index (χ4n) is 3.51. The van der Waals surface area contributed by atoms with Crippen molar-refractivity contribution in [1.29, 1.82) is 0 Å². The number of nitrogens with one attached hydrogen (secondary N) is 1. The maximum atomic E-state index is 12.3. The Balaban J connectivity index is 2.01. The van der Waals surface area contributed by atoms with Gasteiger partial charge in [0.05, 0.1) is 24.6 Å². The van der Waals surface area contributed by atoms with E-state index in [9.17, 15) is 22.8 Å². The van der Waals surface area contributed by atoms with Crippen LogP contribution in [0.4, 0.5) is 5.69 Å². The van der Waals surface area contributed by atoms with E-state index in [1.54, 1.807) is 19.1 Å². The highest BCUT2D eigenvalue weighted by Crippen LogP contribution is 2.34. The van der Waals surface area contributed by atoms with Crippen molar-refractivity contribution in [2.75, 3.05) is 24.3 Å². The molecule has 2 rings (SSSR count). The van der Waals surface area contributed by atoms with E-state index in [0.29, 0.717) is 18.5 Å². The van der Waals surface area contributed by atoms with E-state index in [1.807, 2.05) is 13.8 Å². The predicted molar refractivity (Wildman–Crippen MR) is 111 cm³/mol. The molecule has 0 spiro atoms. The number of hydrogen-bond acceptors (Lipinski definition) is 7. The molecule has 1 aromatic carbocycles. The number of carbonyl (C=O) groups excluding carboxylic acids is 3. The van der Waals surface area contributed by atoms with Gasteiger partial charge in [0, 0.05) is 6.04 Å². The average molecular weight is 441 g/mol. The number of anilines is 1. The van der Waals surface area contributed by atoms with Crippen molar-refractivity contribution < 1.29 is 32.3 Å². The summed E-state index contributed by atoms with van der Waals surface area (Å²) in [6, 6.07) is 3.54. The molecule has 0 saturated carbocycles. The Hall–Kier alpha value is -2.62. The zero-order valence-corrected chi connectivity index (χ0v) is 18.6. The van der Waals surface area contributed by atoms with Crippen LogP contribution in [0.25, 0.3) is 0 Å². The zero-order chi connectivity index (χ0) is 22.6. The van der Waals surface area contributed by atoms with E-state index in [4.69, 9.17) is 4.74 Å². The van der Waals surface area contributed by atoms with Gasteiger partial charge in [-0.3, -0.25) is 9.10 Å². The van der Waals surface area contributed by atoms with Gasteiger partial charge in [0.15, 0.2) is 6.61 Å². The van der Waals surface area contributed by atoms with Crippen molar-refractivity contribution in [3.05, 3.63) is 29.3 Å². The molecule has 0 aliphatic carbocycles. The number of esters is 2. The molecule has 0 aromatic heterocycles. The van der Waals surface area contributed by atoms with Gasteiger partial charge in [-0.15, -0.1) is 0 Å². The molecule has 2 atom stereocenters. The van der Waals surface area contributed by atoms with Crippen LogP contribution in [-0.4, -0.2) is 58.3 Å². The Bertz CT molecular complexity index is 927. The van der Waals surface area contributed by atoms with Crippen LogP contribution in [0.15, 0.2) is 18.2 Å². The third kappa shape index (κ3) is 5.71. The second-order valence-corrected chi connectivity index (χ2v) is 9.66. The van der Waals surface area contributed by atoms with E-state index in [2.05, 4.69) is 10.1 Å². The number of amides is 1. The molecule has 0 radical (unpaired) electrons. The van der Waals surface area contributed by atoms with Crippen LogP contribution in [0.1, 0.15) is 43.1 Å². The molecule has 1 N–H and O–H groups in total. The Kier molecular flexibility index (Phi) is 7.46. The summed E-state index contributed by atoms with van der Waals surface area (Å²) in [5.41, 5.74) is 1.47. The first kappa shape index (κ1) is 23.7. The Morgan fingerprint density at radius 3 is 2.50 bits per heavy atom. The first-order valence-corrected chi connectivity index (χ1v) is 11.5. The molecule has 1 aliphatic heterocycles. The van der Waals surface area contributed by atoms with Crippen molar-refractivity contribution >= 4 is 33.6 Å². The SMILES string of the molecule is COC(=O)C(CC(C)C)NC(=O)COC(=O)c1ccc2c(c1)CC(C)N2S(C)(=O)=O. The van der Waals surface area contributed by atoms with Gasteiger partial charge in [-0.05, 0) is 49.4 Å². The lowest BCUT2D eigenvalue weighted by atomic mass is 10.0. The van der Waals surface area contributed by atoms with E-state index >= 15 is 0 Å². The molecule has 1 aliphatic rings. The minimum Gasteiger partial charge on any atom is -0.467 e. The lowest BCUT2D eigenvalue weighted by Crippen LogP contribution is -2.44. The van der Waals surface area contributed by atoms with Crippen LogP contribution in [-0.2, 0) is 35.5 Å². The van der Waals surface area contributed by atoms with Crippen LogP contribution in [0.2, 0.25) is 0 Å². The van der Waals surface area contributed by atoms with E-state index in [0.717, 1.165) is 11.8 Å². The van der Waals surface area contributed by atoms with Crippen molar-refractivity contribution in [3.63, 3.8) is 0 Å². The fourth-order valence-corrected chi connectivity index (χ4v) is 4.78. The molecule has 0 fully saturated rings. The highest BCUT2D eigenvalue weighted by Gasteiger charge is 2.33. The monoisotopic (exact) mass is 440 g/mol. The largest absolute Gasteiger partial charge is 0.467 e. The number of hydrogen-bond donors (Lipinski definition) is 1. The van der Waals surface area contributed by atoms with Gasteiger partial charge < -0.3 is 14.8 Å². The standard InChI is InChI=1S/C20H28N2O7S/c1-12(2)8-16(20(25)28-4)21-18(23)11-29-19(24)14-6-7-17-15(10-14)9-13(3)22(17)30(5,26)27/h6-7,10,12-13,16H,8-9,11H2,1-5H3,(H,21,23). The summed E-state index contributed by atoms with van der Waals surface area (Å²) < 4.78 is 35.0. The summed E-state index contributed by atoms with van der Waals surface area (Å²) in [7, 11) is -2.19. The summed E-state index contributed by atoms with van der Waals surface area (Å²) in [5, 5.41) is 2.51. The third-order valence-corrected chi connectivity index (χ3v) is 5.96. The van der Waals surface area contributed by atoms with Gasteiger partial charge in [0.2, 0.25) is 10.0 Å². The first-order valence-electron chi connectivity index (χ1n) is 9.60. The predicted octanol–water partition coefficient (Wildman–Crippen LogP) is 1.26. The molecule has 1 heterocycles. The molecule has 0 bridgehead atoms. The molecule has 0 saturated heterocycles. The summed E-state index contributed by atoms with van der Waals surface area (Å²) in [6.45, 7) is 5.05. The molecule has 1 amide bonds. The first-order chi connectivity index (χ1) is 13.9. The Labute approximate surface area is 176 Å². The normalized spacial score (nSPS) is 16.7. The number of carbonyl (C=O) groups is 3. The maximum absolute atomic E-state index is 12.3. The lowest BCUT2D eigenvalue weighted by Gasteiger charge is -2.21. The van der Waals surface area contributed by atoms with Crippen molar-refractivity contribution in [2.24, 2.45) is 5.92 Å². The number of sulfonamides is 1. The maximum Gasteiger partial charge on any atom is 0.338 e. The molecular weight excluding hydrogens is 412 g/mol. The molecule has 1 aromatic rings. The minimum absolute atomic E-state index is 0.150. The molecular formula is C20H28N2O7S. The summed E-state index contributed by atoms with van der Waals surface area (Å²) >= 11 is 0. The van der Waals surface area contributed by atoms with Crippen LogP contribution in [0, 0.1) is 5.92 Å². The van der Waals surface area contributed by atoms with Gasteiger partial charge in [-0.25, -0.2) is 18.0 Å². The fraction of sp³-hybridized carbons (Fsp3) is 0.550. The van der Waals surface area contributed by atoms with E-state index in [1.165, 1.54) is 17.5 Å². The smallest absolute Gasteiger partial charge is 0.338 e. The van der Waals surface area contributed by atoms with Gasteiger partial charge in [0.25, 0.3) is 5.91 Å². The summed E-state index contributed by atoms with van der Waals surface area (Å²) in [4.78, 5) is 36.2. The van der Waals surface area contributed by atoms with Crippen LogP contribution in [0.5, 0.6) is 0 Å². The number of ether oxygens (including phenoxy) is 2. The van der Waals surface area contributed by atoms with Gasteiger partial charge in [-0.2, -0.15) is 0 Å². The topological polar surface area (TPSA) is 119 Å². The van der Waals surface area contributed by atoms with Gasteiger partial charge in [0.1, 0.15) is 6.04 Å². The van der Waals surface area contributed by atoms with Crippen molar-refractivity contribution in [3.8, 4) is 0 Å². The van der Waals surface area contributed by atoms with Crippen LogP contribution < -0.4 is 9.62 Å². The number of benzene rings is 1. The third-order valence-electron chi connectivity index (χ3n) is 4.69. The number of methoxy groups -OCH3 is 1. The number of nitrogens with zero attached hydrogens (tertiary/aromatic N) is 1. The van der Waals surface area contributed by atoms with Crippen molar-refractivity contribution in [2.45, 2.75) is 45.7 Å². The van der Waals surface area contributed by atoms with Crippen LogP contribution in [0.3, 0.4) is 0 Å². The quantitative estimate of drug-likeness (QED) is 0.604. The second-order valence-electron chi connectivity index (χ2n) is 7.80. The minimum atomic E-state index is -3.42. The zero-order valence-electron chi connectivity index (χ0n) is 17.8. The second kappa shape index (κ2) is 9.46. The molecule has 30 heavy (non-hydrogen) atoms. The van der Waals surface area contributed by atoms with Crippen molar-refractivity contribution in [1.82, 2.24) is 5.32 Å². The van der Waals surface area contributed by atoms with E-state index in [-0.39, 0.29) is 17.5 Å². The molecule has 9 nitrogen and oxygen atoms in total. The average Bonchev–Trinajstić information content (AvgIpc) is 2.99. The van der Waals surface area contributed by atoms with Gasteiger partial charge in [-0.1, -0.05) is 13.8 Å². The Morgan fingerprint density at radius 1 is 1.27 bits per heavy atom. The number of fused-ring (bicyclic) bond motifs is 1. The summed E-state index contributed by atoms with van der Waals surface area (Å²) in [6.07, 6.45) is 2.01. The lowest BCUT2D eigenvalue weighted by molar-refractivity contribution is -0.145. The summed E-state index contributed by atoms with van der Waals surface area (Å²) in [5.74, 6) is -1.74. The molecule has 10 heteroatoms. The molecule has 166 valence electrons. The number of rotatable bonds is 8. The van der Waals surface area contributed by atoms with Gasteiger partial charge >= 0.3 is 11.9 Å². The highest BCUT2D eigenvalue weighted by atomic mass is 32.2. The van der Waals surface area contributed by atoms with E-state index < -0.39 is 40.5 Å².